The van der Waals surface area contributed by atoms with Gasteiger partial charge >= 0.3 is 0 Å². The highest BCUT2D eigenvalue weighted by Gasteiger charge is 2.14. The van der Waals surface area contributed by atoms with Gasteiger partial charge in [0.2, 0.25) is 5.95 Å². The van der Waals surface area contributed by atoms with Gasteiger partial charge in [-0.05, 0) is 12.8 Å². The fourth-order valence-corrected chi connectivity index (χ4v) is 1.76. The Bertz CT molecular complexity index is 308. The van der Waals surface area contributed by atoms with Gasteiger partial charge in [-0.2, -0.15) is 0 Å². The molecule has 16 heavy (non-hydrogen) atoms. The fraction of sp³-hybridized carbons (Fsp3) is 0.636. The van der Waals surface area contributed by atoms with Gasteiger partial charge in [0.15, 0.2) is 0 Å². The second-order valence-corrected chi connectivity index (χ2v) is 3.93. The maximum absolute atomic E-state index is 5.52. The second kappa shape index (κ2) is 5.77. The SMILES string of the molecule is CNc1ncc(CNCC2CCCO2)cn1. The highest BCUT2D eigenvalue weighted by molar-refractivity contribution is 5.22. The number of anilines is 1. The van der Waals surface area contributed by atoms with Gasteiger partial charge in [-0.25, -0.2) is 9.97 Å². The summed E-state index contributed by atoms with van der Waals surface area (Å²) in [6.07, 6.45) is 6.41. The monoisotopic (exact) mass is 222 g/mol. The van der Waals surface area contributed by atoms with E-state index in [0.29, 0.717) is 12.1 Å². The standard InChI is InChI=1S/C11H18N4O/c1-12-11-14-6-9(7-15-11)5-13-8-10-3-2-4-16-10/h6-7,10,13H,2-5,8H2,1H3,(H,12,14,15). The van der Waals surface area contributed by atoms with Crippen LogP contribution in [0.5, 0.6) is 0 Å². The van der Waals surface area contributed by atoms with Crippen molar-refractivity contribution in [2.45, 2.75) is 25.5 Å². The predicted octanol–water partition coefficient (Wildman–Crippen LogP) is 0.787. The largest absolute Gasteiger partial charge is 0.377 e. The third-order valence-corrected chi connectivity index (χ3v) is 2.65. The van der Waals surface area contributed by atoms with E-state index in [9.17, 15) is 0 Å². The Kier molecular flexibility index (Phi) is 4.07. The lowest BCUT2D eigenvalue weighted by atomic mass is 10.2. The van der Waals surface area contributed by atoms with Crippen LogP contribution in [0.4, 0.5) is 5.95 Å². The van der Waals surface area contributed by atoms with E-state index in [0.717, 1.165) is 25.3 Å². The molecule has 1 atom stereocenters. The number of nitrogens with zero attached hydrogens (tertiary/aromatic N) is 2. The van der Waals surface area contributed by atoms with Crippen molar-refractivity contribution in [3.63, 3.8) is 0 Å². The maximum Gasteiger partial charge on any atom is 0.222 e. The average molecular weight is 222 g/mol. The summed E-state index contributed by atoms with van der Waals surface area (Å²) in [4.78, 5) is 8.31. The average Bonchev–Trinajstić information content (AvgIpc) is 2.83. The topological polar surface area (TPSA) is 59.1 Å². The van der Waals surface area contributed by atoms with Crippen molar-refractivity contribution in [2.24, 2.45) is 0 Å². The van der Waals surface area contributed by atoms with Crippen LogP contribution in [0.15, 0.2) is 12.4 Å². The summed E-state index contributed by atoms with van der Waals surface area (Å²) in [5.41, 5.74) is 1.09. The molecule has 0 aromatic carbocycles. The normalized spacial score (nSPS) is 19.9. The van der Waals surface area contributed by atoms with Crippen LogP contribution in [0, 0.1) is 0 Å². The lowest BCUT2D eigenvalue weighted by molar-refractivity contribution is 0.110. The van der Waals surface area contributed by atoms with Gasteiger partial charge in [0.25, 0.3) is 0 Å². The molecule has 2 N–H and O–H groups in total. The van der Waals surface area contributed by atoms with Crippen molar-refractivity contribution in [2.75, 3.05) is 25.5 Å². The van der Waals surface area contributed by atoms with E-state index in [1.165, 1.54) is 12.8 Å². The van der Waals surface area contributed by atoms with Crippen molar-refractivity contribution < 1.29 is 4.74 Å². The molecule has 1 aliphatic heterocycles. The van der Waals surface area contributed by atoms with E-state index in [1.807, 2.05) is 19.4 Å². The first-order valence-electron chi connectivity index (χ1n) is 5.69. The zero-order valence-corrected chi connectivity index (χ0v) is 9.57. The predicted molar refractivity (Wildman–Crippen MR) is 62.3 cm³/mol. The van der Waals surface area contributed by atoms with Crippen molar-refractivity contribution in [1.82, 2.24) is 15.3 Å². The molecule has 88 valence electrons. The quantitative estimate of drug-likeness (QED) is 0.771. The van der Waals surface area contributed by atoms with Gasteiger partial charge in [-0.3, -0.25) is 0 Å². The number of aromatic nitrogens is 2. The first-order valence-corrected chi connectivity index (χ1v) is 5.69. The molecular weight excluding hydrogens is 204 g/mol. The van der Waals surface area contributed by atoms with Crippen molar-refractivity contribution in [3.05, 3.63) is 18.0 Å². The summed E-state index contributed by atoms with van der Waals surface area (Å²) in [7, 11) is 1.81. The molecule has 0 aliphatic carbocycles. The molecule has 5 heteroatoms. The molecule has 1 aliphatic rings. The lowest BCUT2D eigenvalue weighted by Crippen LogP contribution is -2.25. The maximum atomic E-state index is 5.52. The van der Waals surface area contributed by atoms with Gasteiger partial charge in [0.05, 0.1) is 6.10 Å². The Morgan fingerprint density at radius 3 is 2.88 bits per heavy atom. The number of hydrogen-bond acceptors (Lipinski definition) is 5. The minimum Gasteiger partial charge on any atom is -0.377 e. The summed E-state index contributed by atoms with van der Waals surface area (Å²) in [6, 6.07) is 0. The molecule has 0 saturated carbocycles. The summed E-state index contributed by atoms with van der Waals surface area (Å²) in [5.74, 6) is 0.655. The number of nitrogens with one attached hydrogen (secondary N) is 2. The highest BCUT2D eigenvalue weighted by Crippen LogP contribution is 2.10. The third kappa shape index (κ3) is 3.15. The molecule has 0 spiro atoms. The molecule has 0 radical (unpaired) electrons. The van der Waals surface area contributed by atoms with Crippen LogP contribution < -0.4 is 10.6 Å². The van der Waals surface area contributed by atoms with Crippen LogP contribution in [-0.4, -0.2) is 36.3 Å². The zero-order chi connectivity index (χ0) is 11.2. The Labute approximate surface area is 95.6 Å². The van der Waals surface area contributed by atoms with Gasteiger partial charge in [-0.1, -0.05) is 0 Å². The Balaban J connectivity index is 1.71. The number of rotatable bonds is 5. The highest BCUT2D eigenvalue weighted by atomic mass is 16.5. The first kappa shape index (κ1) is 11.3. The molecular formula is C11H18N4O. The molecule has 1 aromatic heterocycles. The van der Waals surface area contributed by atoms with E-state index in [4.69, 9.17) is 4.74 Å². The molecule has 5 nitrogen and oxygen atoms in total. The van der Waals surface area contributed by atoms with E-state index in [2.05, 4.69) is 20.6 Å². The Hall–Kier alpha value is -1.20. The molecule has 0 bridgehead atoms. The van der Waals surface area contributed by atoms with Gasteiger partial charge < -0.3 is 15.4 Å². The van der Waals surface area contributed by atoms with E-state index < -0.39 is 0 Å². The van der Waals surface area contributed by atoms with Crippen LogP contribution >= 0.6 is 0 Å². The third-order valence-electron chi connectivity index (χ3n) is 2.65. The number of ether oxygens (including phenoxy) is 1. The van der Waals surface area contributed by atoms with Crippen molar-refractivity contribution in [3.8, 4) is 0 Å². The molecule has 2 heterocycles. The molecule has 1 unspecified atom stereocenters. The van der Waals surface area contributed by atoms with Crippen molar-refractivity contribution in [1.29, 1.82) is 0 Å². The van der Waals surface area contributed by atoms with Gasteiger partial charge in [0, 0.05) is 44.7 Å². The first-order chi connectivity index (χ1) is 7.88. The molecule has 1 saturated heterocycles. The molecule has 0 amide bonds. The van der Waals surface area contributed by atoms with E-state index >= 15 is 0 Å². The van der Waals surface area contributed by atoms with Crippen LogP contribution in [0.1, 0.15) is 18.4 Å². The van der Waals surface area contributed by atoms with Crippen molar-refractivity contribution >= 4 is 5.95 Å². The van der Waals surface area contributed by atoms with Crippen LogP contribution in [-0.2, 0) is 11.3 Å². The minimum absolute atomic E-state index is 0.387. The smallest absolute Gasteiger partial charge is 0.222 e. The van der Waals surface area contributed by atoms with Gasteiger partial charge in [0.1, 0.15) is 0 Å². The minimum atomic E-state index is 0.387. The fourth-order valence-electron chi connectivity index (χ4n) is 1.76. The van der Waals surface area contributed by atoms with E-state index in [-0.39, 0.29) is 0 Å². The second-order valence-electron chi connectivity index (χ2n) is 3.93. The molecule has 2 rings (SSSR count). The van der Waals surface area contributed by atoms with E-state index in [1.54, 1.807) is 0 Å². The summed E-state index contributed by atoms with van der Waals surface area (Å²) < 4.78 is 5.52. The van der Waals surface area contributed by atoms with Crippen LogP contribution in [0.3, 0.4) is 0 Å². The molecule has 1 aromatic rings. The summed E-state index contributed by atoms with van der Waals surface area (Å²) in [5, 5.41) is 6.25. The summed E-state index contributed by atoms with van der Waals surface area (Å²) in [6.45, 7) is 2.62. The Morgan fingerprint density at radius 1 is 1.44 bits per heavy atom. The molecule has 1 fully saturated rings. The zero-order valence-electron chi connectivity index (χ0n) is 9.57. The van der Waals surface area contributed by atoms with Gasteiger partial charge in [-0.15, -0.1) is 0 Å². The number of hydrogen-bond donors (Lipinski definition) is 2. The lowest BCUT2D eigenvalue weighted by Gasteiger charge is -2.10. The van der Waals surface area contributed by atoms with Crippen LogP contribution in [0.2, 0.25) is 0 Å². The summed E-state index contributed by atoms with van der Waals surface area (Å²) >= 11 is 0. The van der Waals surface area contributed by atoms with Crippen LogP contribution in [0.25, 0.3) is 0 Å². The Morgan fingerprint density at radius 2 is 2.25 bits per heavy atom.